The van der Waals surface area contributed by atoms with E-state index in [4.69, 9.17) is 4.74 Å². The fourth-order valence-corrected chi connectivity index (χ4v) is 5.65. The number of ether oxygens (including phenoxy) is 1. The molecule has 3 atom stereocenters. The van der Waals surface area contributed by atoms with Crippen LogP contribution in [0.3, 0.4) is 0 Å². The summed E-state index contributed by atoms with van der Waals surface area (Å²) in [5.41, 5.74) is 2.51. The van der Waals surface area contributed by atoms with Crippen LogP contribution in [0, 0.1) is 5.92 Å². The summed E-state index contributed by atoms with van der Waals surface area (Å²) in [5, 5.41) is 21.9. The number of carbonyl (C=O) groups is 2. The van der Waals surface area contributed by atoms with Gasteiger partial charge in [-0.3, -0.25) is 9.59 Å². The fraction of sp³-hybridized carbons (Fsp3) is 0.312. The molecular weight excluding hydrogens is 492 g/mol. The normalized spacial score (nSPS) is 21.1. The highest BCUT2D eigenvalue weighted by atomic mass is 16.5. The van der Waals surface area contributed by atoms with Gasteiger partial charge in [-0.25, -0.2) is 0 Å². The maximum atomic E-state index is 13.8. The second-order valence-electron chi connectivity index (χ2n) is 10.3. The molecular formula is C32H34N2O5. The molecule has 0 fully saturated rings. The van der Waals surface area contributed by atoms with Gasteiger partial charge in [0.15, 0.2) is 5.60 Å². The van der Waals surface area contributed by atoms with Crippen LogP contribution in [0.1, 0.15) is 35.6 Å². The molecule has 2 heterocycles. The number of aliphatic hydroxyl groups is 2. The van der Waals surface area contributed by atoms with E-state index in [-0.39, 0.29) is 25.0 Å². The van der Waals surface area contributed by atoms with Crippen LogP contribution in [-0.4, -0.2) is 46.7 Å². The van der Waals surface area contributed by atoms with Crippen molar-refractivity contribution < 1.29 is 24.5 Å². The van der Waals surface area contributed by atoms with E-state index in [1.165, 1.54) is 0 Å². The van der Waals surface area contributed by atoms with E-state index in [0.717, 1.165) is 16.7 Å². The maximum Gasteiger partial charge on any atom is 0.264 e. The van der Waals surface area contributed by atoms with Crippen LogP contribution in [0.25, 0.3) is 0 Å². The van der Waals surface area contributed by atoms with Gasteiger partial charge < -0.3 is 24.7 Å². The van der Waals surface area contributed by atoms with Gasteiger partial charge in [-0.15, -0.1) is 0 Å². The number of anilines is 1. The van der Waals surface area contributed by atoms with Crippen molar-refractivity contribution in [2.45, 2.75) is 44.5 Å². The van der Waals surface area contributed by atoms with Gasteiger partial charge >= 0.3 is 0 Å². The Bertz CT molecular complexity index is 1390. The summed E-state index contributed by atoms with van der Waals surface area (Å²) in [6, 6.07) is 22.6. The Hall–Kier alpha value is -3.94. The van der Waals surface area contributed by atoms with Crippen molar-refractivity contribution in [3.05, 3.63) is 107 Å². The highest BCUT2D eigenvalue weighted by Crippen LogP contribution is 2.47. The molecule has 2 amide bonds. The number of amides is 2. The first-order valence-corrected chi connectivity index (χ1v) is 13.3. The lowest BCUT2D eigenvalue weighted by Crippen LogP contribution is -2.46. The highest BCUT2D eigenvalue weighted by molar-refractivity contribution is 6.07. The minimum atomic E-state index is -1.81. The smallest absolute Gasteiger partial charge is 0.264 e. The van der Waals surface area contributed by atoms with Crippen molar-refractivity contribution in [1.82, 2.24) is 4.90 Å². The molecule has 202 valence electrons. The van der Waals surface area contributed by atoms with Crippen LogP contribution in [0.5, 0.6) is 5.75 Å². The monoisotopic (exact) mass is 526 g/mol. The average molecular weight is 527 g/mol. The van der Waals surface area contributed by atoms with Crippen molar-refractivity contribution in [2.75, 3.05) is 18.6 Å². The Balaban J connectivity index is 1.36. The van der Waals surface area contributed by atoms with E-state index in [0.29, 0.717) is 36.5 Å². The predicted molar refractivity (Wildman–Crippen MR) is 149 cm³/mol. The number of carbonyl (C=O) groups excluding carboxylic acids is 2. The molecule has 0 bridgehead atoms. The van der Waals surface area contributed by atoms with Gasteiger partial charge in [0.25, 0.3) is 5.91 Å². The third-order valence-electron chi connectivity index (χ3n) is 7.92. The van der Waals surface area contributed by atoms with Crippen LogP contribution in [0.4, 0.5) is 5.69 Å². The van der Waals surface area contributed by atoms with Crippen molar-refractivity contribution in [3.63, 3.8) is 0 Å². The Labute approximate surface area is 228 Å². The van der Waals surface area contributed by atoms with Crippen molar-refractivity contribution in [1.29, 1.82) is 0 Å². The van der Waals surface area contributed by atoms with Gasteiger partial charge in [-0.1, -0.05) is 73.7 Å². The van der Waals surface area contributed by atoms with E-state index in [9.17, 15) is 19.8 Å². The number of hydrogen-bond donors (Lipinski definition) is 2. The van der Waals surface area contributed by atoms with Gasteiger partial charge in [0.05, 0.1) is 32.0 Å². The SMILES string of the molecule is COc1ccc2c(c1)[C@@](O)([C@H](C)/C=C/CC(=O)N1Cc3ccccc3C[C@H]1CO)C(=O)N2Cc1ccccc1. The summed E-state index contributed by atoms with van der Waals surface area (Å²) in [4.78, 5) is 30.3. The molecule has 7 heteroatoms. The number of aliphatic hydroxyl groups excluding tert-OH is 1. The molecule has 0 aliphatic carbocycles. The Morgan fingerprint density at radius 3 is 2.54 bits per heavy atom. The lowest BCUT2D eigenvalue weighted by atomic mass is 9.82. The van der Waals surface area contributed by atoms with Crippen molar-refractivity contribution >= 4 is 17.5 Å². The quantitative estimate of drug-likeness (QED) is 0.434. The van der Waals surface area contributed by atoms with E-state index in [2.05, 4.69) is 0 Å². The predicted octanol–water partition coefficient (Wildman–Crippen LogP) is 3.96. The third kappa shape index (κ3) is 4.95. The van der Waals surface area contributed by atoms with Crippen LogP contribution < -0.4 is 9.64 Å². The first-order chi connectivity index (χ1) is 18.9. The Morgan fingerprint density at radius 1 is 1.10 bits per heavy atom. The van der Waals surface area contributed by atoms with Gasteiger partial charge in [0.1, 0.15) is 5.75 Å². The van der Waals surface area contributed by atoms with E-state index >= 15 is 0 Å². The lowest BCUT2D eigenvalue weighted by Gasteiger charge is -2.36. The summed E-state index contributed by atoms with van der Waals surface area (Å²) >= 11 is 0. The Kier molecular flexibility index (Phi) is 7.55. The van der Waals surface area contributed by atoms with Crippen LogP contribution >= 0.6 is 0 Å². The molecule has 0 spiro atoms. The van der Waals surface area contributed by atoms with Crippen LogP contribution in [0.2, 0.25) is 0 Å². The average Bonchev–Trinajstić information content (AvgIpc) is 3.18. The van der Waals surface area contributed by atoms with Gasteiger partial charge in [0.2, 0.25) is 5.91 Å². The maximum absolute atomic E-state index is 13.8. The van der Waals surface area contributed by atoms with Gasteiger partial charge in [0, 0.05) is 24.4 Å². The molecule has 2 aliphatic rings. The summed E-state index contributed by atoms with van der Waals surface area (Å²) in [7, 11) is 1.55. The first kappa shape index (κ1) is 26.7. The number of rotatable bonds is 8. The zero-order valence-electron chi connectivity index (χ0n) is 22.3. The molecule has 2 aliphatic heterocycles. The van der Waals surface area contributed by atoms with Crippen LogP contribution in [-0.2, 0) is 34.7 Å². The molecule has 0 aromatic heterocycles. The minimum Gasteiger partial charge on any atom is -0.497 e. The molecule has 5 rings (SSSR count). The van der Waals surface area contributed by atoms with Gasteiger partial charge in [-0.05, 0) is 41.3 Å². The minimum absolute atomic E-state index is 0.103. The molecule has 0 saturated carbocycles. The summed E-state index contributed by atoms with van der Waals surface area (Å²) in [6.07, 6.45) is 4.17. The van der Waals surface area contributed by atoms with Gasteiger partial charge in [-0.2, -0.15) is 0 Å². The number of methoxy groups -OCH3 is 1. The molecule has 3 aromatic rings. The summed E-state index contributed by atoms with van der Waals surface area (Å²) in [5.74, 6) is -0.580. The second kappa shape index (κ2) is 11.0. The van der Waals surface area contributed by atoms with Crippen molar-refractivity contribution in [2.24, 2.45) is 5.92 Å². The van der Waals surface area contributed by atoms with E-state index in [1.807, 2.05) is 54.6 Å². The number of nitrogens with zero attached hydrogens (tertiary/aromatic N) is 2. The molecule has 3 aromatic carbocycles. The molecule has 2 N–H and O–H groups in total. The molecule has 0 radical (unpaired) electrons. The molecule has 7 nitrogen and oxygen atoms in total. The lowest BCUT2D eigenvalue weighted by molar-refractivity contribution is -0.139. The number of fused-ring (bicyclic) bond motifs is 2. The third-order valence-corrected chi connectivity index (χ3v) is 7.92. The zero-order chi connectivity index (χ0) is 27.6. The first-order valence-electron chi connectivity index (χ1n) is 13.3. The summed E-state index contributed by atoms with van der Waals surface area (Å²) < 4.78 is 5.40. The van der Waals surface area contributed by atoms with Crippen molar-refractivity contribution in [3.8, 4) is 5.75 Å². The zero-order valence-corrected chi connectivity index (χ0v) is 22.3. The fourth-order valence-electron chi connectivity index (χ4n) is 5.65. The standard InChI is InChI=1S/C32H34N2O5/c1-22(9-8-14-30(36)33-20-25-13-7-6-12-24(25)17-26(33)21-35)32(38)28-18-27(39-2)15-16-29(28)34(31(32)37)19-23-10-4-3-5-11-23/h3-13,15-16,18,22,26,35,38H,14,17,19-21H2,1-2H3/b9-8+/t22-,26+,32+/m1/s1. The summed E-state index contributed by atoms with van der Waals surface area (Å²) in [6.45, 7) is 2.45. The van der Waals surface area contributed by atoms with E-state index < -0.39 is 17.4 Å². The highest BCUT2D eigenvalue weighted by Gasteiger charge is 2.52. The topological polar surface area (TPSA) is 90.3 Å². The number of benzene rings is 3. The van der Waals surface area contributed by atoms with Crippen LogP contribution in [0.15, 0.2) is 84.9 Å². The molecule has 0 unspecified atom stereocenters. The molecule has 39 heavy (non-hydrogen) atoms. The van der Waals surface area contributed by atoms with E-state index in [1.54, 1.807) is 54.2 Å². The number of hydrogen-bond acceptors (Lipinski definition) is 5. The molecule has 0 saturated heterocycles. The largest absolute Gasteiger partial charge is 0.497 e. The Morgan fingerprint density at radius 2 is 1.82 bits per heavy atom. The second-order valence-corrected chi connectivity index (χ2v) is 10.3.